The fourth-order valence-electron chi connectivity index (χ4n) is 3.17. The van der Waals surface area contributed by atoms with Gasteiger partial charge in [0.1, 0.15) is 11.6 Å². The van der Waals surface area contributed by atoms with Crippen LogP contribution in [-0.4, -0.2) is 27.3 Å². The van der Waals surface area contributed by atoms with E-state index in [2.05, 4.69) is 9.97 Å². The van der Waals surface area contributed by atoms with Gasteiger partial charge in [-0.25, -0.2) is 9.37 Å². The molecule has 1 atom stereocenters. The van der Waals surface area contributed by atoms with Crippen LogP contribution in [0.1, 0.15) is 41.5 Å². The molecule has 4 rings (SSSR count). The molecule has 0 aliphatic carbocycles. The van der Waals surface area contributed by atoms with Crippen LogP contribution >= 0.6 is 11.3 Å². The predicted molar refractivity (Wildman–Crippen MR) is 88.0 cm³/mol. The van der Waals surface area contributed by atoms with Gasteiger partial charge in [-0.1, -0.05) is 0 Å². The molecule has 0 bridgehead atoms. The zero-order valence-corrected chi connectivity index (χ0v) is 13.3. The molecular formula is C17H16FN3OS. The number of nitrogens with zero attached hydrogens (tertiary/aromatic N) is 2. The number of rotatable bonds is 2. The molecule has 3 aromatic rings. The number of hydrogen-bond donors (Lipinski definition) is 1. The van der Waals surface area contributed by atoms with Crippen molar-refractivity contribution in [1.29, 1.82) is 0 Å². The molecule has 0 spiro atoms. The Morgan fingerprint density at radius 3 is 3.09 bits per heavy atom. The third kappa shape index (κ3) is 2.63. The van der Waals surface area contributed by atoms with E-state index in [1.165, 1.54) is 23.5 Å². The van der Waals surface area contributed by atoms with E-state index in [-0.39, 0.29) is 17.8 Å². The molecule has 3 heterocycles. The first-order chi connectivity index (χ1) is 11.2. The topological polar surface area (TPSA) is 49.0 Å². The lowest BCUT2D eigenvalue weighted by molar-refractivity contribution is 0.0602. The molecule has 0 saturated carbocycles. The highest BCUT2D eigenvalue weighted by Crippen LogP contribution is 2.32. The molecule has 1 aliphatic rings. The van der Waals surface area contributed by atoms with Gasteiger partial charge in [-0.2, -0.15) is 11.3 Å². The number of benzene rings is 1. The quantitative estimate of drug-likeness (QED) is 0.768. The van der Waals surface area contributed by atoms with Crippen LogP contribution in [0.15, 0.2) is 35.0 Å². The molecule has 1 unspecified atom stereocenters. The minimum atomic E-state index is -0.289. The van der Waals surface area contributed by atoms with Gasteiger partial charge in [0, 0.05) is 11.9 Å². The van der Waals surface area contributed by atoms with Crippen LogP contribution in [0.5, 0.6) is 0 Å². The monoisotopic (exact) mass is 329 g/mol. The fourth-order valence-corrected chi connectivity index (χ4v) is 3.80. The number of nitrogens with one attached hydrogen (secondary N) is 1. The van der Waals surface area contributed by atoms with Crippen molar-refractivity contribution >= 4 is 28.3 Å². The maximum Gasteiger partial charge on any atom is 0.255 e. The number of aromatic amines is 1. The van der Waals surface area contributed by atoms with Gasteiger partial charge >= 0.3 is 0 Å². The Hall–Kier alpha value is -2.21. The summed E-state index contributed by atoms with van der Waals surface area (Å²) in [4.78, 5) is 22.4. The largest absolute Gasteiger partial charge is 0.340 e. The second kappa shape index (κ2) is 5.77. The van der Waals surface area contributed by atoms with Crippen LogP contribution in [0.4, 0.5) is 4.39 Å². The summed E-state index contributed by atoms with van der Waals surface area (Å²) in [5.41, 5.74) is 2.13. The van der Waals surface area contributed by atoms with Gasteiger partial charge in [-0.05, 0) is 48.9 Å². The number of halogens is 1. The second-order valence-corrected chi connectivity index (χ2v) is 6.59. The number of likely N-dealkylation sites (tertiary alicyclic amines) is 1. The molecule has 118 valence electrons. The number of carbonyl (C=O) groups excluding carboxylic acids is 1. The highest BCUT2D eigenvalue weighted by Gasteiger charge is 2.30. The summed E-state index contributed by atoms with van der Waals surface area (Å²) in [6, 6.07) is 6.29. The van der Waals surface area contributed by atoms with E-state index < -0.39 is 0 Å². The smallest absolute Gasteiger partial charge is 0.255 e. The number of imidazole rings is 1. The average molecular weight is 329 g/mol. The predicted octanol–water partition coefficient (Wildman–Crippen LogP) is 4.13. The minimum Gasteiger partial charge on any atom is -0.340 e. The SMILES string of the molecule is O=C(c1ccsc1)N1CCCCC1c1nc2ccc(F)cc2[nH]1. The van der Waals surface area contributed by atoms with Crippen LogP contribution in [-0.2, 0) is 0 Å². The first-order valence-corrected chi connectivity index (χ1v) is 8.65. The zero-order chi connectivity index (χ0) is 15.8. The van der Waals surface area contributed by atoms with Crippen LogP contribution in [0, 0.1) is 5.82 Å². The van der Waals surface area contributed by atoms with Crippen LogP contribution < -0.4 is 0 Å². The fraction of sp³-hybridized carbons (Fsp3) is 0.294. The van der Waals surface area contributed by atoms with Crippen molar-refractivity contribution in [1.82, 2.24) is 14.9 Å². The highest BCUT2D eigenvalue weighted by molar-refractivity contribution is 7.08. The molecule has 1 saturated heterocycles. The standard InChI is InChI=1S/C17H16FN3OS/c18-12-4-5-13-14(9-12)20-16(19-13)15-3-1-2-7-21(15)17(22)11-6-8-23-10-11/h4-6,8-10,15H,1-3,7H2,(H,19,20). The number of fused-ring (bicyclic) bond motifs is 1. The number of amides is 1. The summed E-state index contributed by atoms with van der Waals surface area (Å²) >= 11 is 1.52. The summed E-state index contributed by atoms with van der Waals surface area (Å²) in [5.74, 6) is 0.499. The lowest BCUT2D eigenvalue weighted by Crippen LogP contribution is -2.38. The third-order valence-corrected chi connectivity index (χ3v) is 4.99. The Morgan fingerprint density at radius 2 is 2.26 bits per heavy atom. The van der Waals surface area contributed by atoms with Crippen molar-refractivity contribution in [3.05, 3.63) is 52.2 Å². The minimum absolute atomic E-state index is 0.0441. The molecule has 1 fully saturated rings. The molecule has 2 aromatic heterocycles. The van der Waals surface area contributed by atoms with Gasteiger partial charge in [0.15, 0.2) is 0 Å². The number of carbonyl (C=O) groups is 1. The normalized spacial score (nSPS) is 18.5. The van der Waals surface area contributed by atoms with E-state index in [4.69, 9.17) is 0 Å². The van der Waals surface area contributed by atoms with Gasteiger partial charge in [-0.3, -0.25) is 4.79 Å². The lowest BCUT2D eigenvalue weighted by Gasteiger charge is -2.34. The van der Waals surface area contributed by atoms with Crippen LogP contribution in [0.25, 0.3) is 11.0 Å². The summed E-state index contributed by atoms with van der Waals surface area (Å²) in [6.07, 6.45) is 2.93. The van der Waals surface area contributed by atoms with Crippen LogP contribution in [0.2, 0.25) is 0 Å². The second-order valence-electron chi connectivity index (χ2n) is 5.81. The van der Waals surface area contributed by atoms with Gasteiger partial charge in [0.05, 0.1) is 22.6 Å². The summed E-state index contributed by atoms with van der Waals surface area (Å²) < 4.78 is 13.4. The first kappa shape index (κ1) is 14.4. The van der Waals surface area contributed by atoms with Crippen molar-refractivity contribution in [2.45, 2.75) is 25.3 Å². The van der Waals surface area contributed by atoms with Crippen molar-refractivity contribution in [3.8, 4) is 0 Å². The van der Waals surface area contributed by atoms with Gasteiger partial charge in [0.25, 0.3) is 5.91 Å². The van der Waals surface area contributed by atoms with Crippen molar-refractivity contribution in [2.24, 2.45) is 0 Å². The molecule has 1 amide bonds. The molecular weight excluding hydrogens is 313 g/mol. The van der Waals surface area contributed by atoms with E-state index >= 15 is 0 Å². The van der Waals surface area contributed by atoms with E-state index in [0.29, 0.717) is 5.52 Å². The summed E-state index contributed by atoms with van der Waals surface area (Å²) in [5, 5.41) is 3.79. The number of H-pyrrole nitrogens is 1. The number of hydrogen-bond acceptors (Lipinski definition) is 3. The van der Waals surface area contributed by atoms with Crippen LogP contribution in [0.3, 0.4) is 0 Å². The number of piperidine rings is 1. The van der Waals surface area contributed by atoms with E-state index in [0.717, 1.165) is 42.7 Å². The molecule has 23 heavy (non-hydrogen) atoms. The maximum atomic E-state index is 13.4. The van der Waals surface area contributed by atoms with E-state index in [1.54, 1.807) is 6.07 Å². The maximum absolute atomic E-state index is 13.4. The summed E-state index contributed by atoms with van der Waals surface area (Å²) in [7, 11) is 0. The molecule has 1 aromatic carbocycles. The van der Waals surface area contributed by atoms with E-state index in [9.17, 15) is 9.18 Å². The highest BCUT2D eigenvalue weighted by atomic mass is 32.1. The third-order valence-electron chi connectivity index (χ3n) is 4.31. The molecule has 1 N–H and O–H groups in total. The zero-order valence-electron chi connectivity index (χ0n) is 12.5. The number of aromatic nitrogens is 2. The Morgan fingerprint density at radius 1 is 1.35 bits per heavy atom. The Bertz CT molecular complexity index is 843. The van der Waals surface area contributed by atoms with Gasteiger partial charge in [0.2, 0.25) is 0 Å². The van der Waals surface area contributed by atoms with Crippen molar-refractivity contribution in [2.75, 3.05) is 6.54 Å². The summed E-state index contributed by atoms with van der Waals surface area (Å²) in [6.45, 7) is 0.727. The number of thiophene rings is 1. The molecule has 0 radical (unpaired) electrons. The van der Waals surface area contributed by atoms with E-state index in [1.807, 2.05) is 21.7 Å². The molecule has 6 heteroatoms. The first-order valence-electron chi connectivity index (χ1n) is 7.71. The Balaban J connectivity index is 1.70. The molecule has 4 nitrogen and oxygen atoms in total. The molecule has 1 aliphatic heterocycles. The average Bonchev–Trinajstić information content (AvgIpc) is 3.23. The lowest BCUT2D eigenvalue weighted by atomic mass is 10.0. The van der Waals surface area contributed by atoms with Crippen molar-refractivity contribution in [3.63, 3.8) is 0 Å². The van der Waals surface area contributed by atoms with Crippen molar-refractivity contribution < 1.29 is 9.18 Å². The van der Waals surface area contributed by atoms with Gasteiger partial charge < -0.3 is 9.88 Å². The Kier molecular flexibility index (Phi) is 3.61. The van der Waals surface area contributed by atoms with Gasteiger partial charge in [-0.15, -0.1) is 0 Å². The Labute approximate surface area is 137 Å².